The maximum atomic E-state index is 11.2. The number of carboxylic acids is 1. The van der Waals surface area contributed by atoms with E-state index in [0.717, 1.165) is 21.2 Å². The molecule has 7 heteroatoms. The summed E-state index contributed by atoms with van der Waals surface area (Å²) in [5.41, 5.74) is 0.905. The van der Waals surface area contributed by atoms with Crippen LogP contribution < -0.4 is 4.74 Å². The van der Waals surface area contributed by atoms with Gasteiger partial charge in [0.15, 0.2) is 0 Å². The molecule has 0 spiro atoms. The van der Waals surface area contributed by atoms with E-state index in [0.29, 0.717) is 5.88 Å². The monoisotopic (exact) mass is 328 g/mol. The number of pyridine rings is 1. The second-order valence-corrected chi connectivity index (χ2v) is 5.57. The first-order valence-electron chi connectivity index (χ1n) is 7.40. The number of benzene rings is 1. The number of aromatic nitrogens is 1. The van der Waals surface area contributed by atoms with Crippen molar-refractivity contribution in [3.63, 3.8) is 0 Å². The van der Waals surface area contributed by atoms with Crippen LogP contribution >= 0.6 is 0 Å². The van der Waals surface area contributed by atoms with Crippen LogP contribution in [0.2, 0.25) is 0 Å². The van der Waals surface area contributed by atoms with Crippen molar-refractivity contribution >= 4 is 28.9 Å². The Morgan fingerprint density at radius 3 is 2.75 bits per heavy atom. The number of amides is 1. The molecule has 2 heterocycles. The predicted molar refractivity (Wildman–Crippen MR) is 87.0 cm³/mol. The molecule has 3 rings (SSSR count). The first-order valence-corrected chi connectivity index (χ1v) is 7.40. The molecule has 1 amide bonds. The van der Waals surface area contributed by atoms with Crippen LogP contribution in [0.3, 0.4) is 0 Å². The van der Waals surface area contributed by atoms with Crippen molar-refractivity contribution in [3.8, 4) is 5.88 Å². The smallest absolute Gasteiger partial charge is 0.408 e. The van der Waals surface area contributed by atoms with E-state index < -0.39 is 24.2 Å². The Hall–Kier alpha value is -3.09. The van der Waals surface area contributed by atoms with Gasteiger partial charge in [-0.1, -0.05) is 24.8 Å². The quantitative estimate of drug-likeness (QED) is 0.894. The van der Waals surface area contributed by atoms with Gasteiger partial charge in [0.2, 0.25) is 5.88 Å². The minimum absolute atomic E-state index is 0.00842. The third-order valence-electron chi connectivity index (χ3n) is 4.06. The van der Waals surface area contributed by atoms with Crippen molar-refractivity contribution in [1.29, 1.82) is 0 Å². The van der Waals surface area contributed by atoms with Gasteiger partial charge >= 0.3 is 12.1 Å². The second-order valence-electron chi connectivity index (χ2n) is 5.57. The molecule has 0 unspecified atom stereocenters. The van der Waals surface area contributed by atoms with Gasteiger partial charge in [-0.05, 0) is 23.1 Å². The zero-order valence-electron chi connectivity index (χ0n) is 12.8. The summed E-state index contributed by atoms with van der Waals surface area (Å²) < 4.78 is 5.84. The SMILES string of the molecule is C=Cc1ccc2ccnc(O[C@@H]3C[C@@H](C(=O)O)N(C(=O)O)C3)c2c1. The van der Waals surface area contributed by atoms with Gasteiger partial charge in [0, 0.05) is 18.0 Å². The number of ether oxygens (including phenoxy) is 1. The number of hydrogen-bond acceptors (Lipinski definition) is 4. The van der Waals surface area contributed by atoms with Crippen LogP contribution in [0, 0.1) is 0 Å². The largest absolute Gasteiger partial charge is 0.480 e. The lowest BCUT2D eigenvalue weighted by atomic mass is 10.1. The number of aliphatic carboxylic acids is 1. The summed E-state index contributed by atoms with van der Waals surface area (Å²) in [5, 5.41) is 20.0. The highest BCUT2D eigenvalue weighted by atomic mass is 16.5. The maximum Gasteiger partial charge on any atom is 0.408 e. The number of hydrogen-bond donors (Lipinski definition) is 2. The Balaban J connectivity index is 1.89. The van der Waals surface area contributed by atoms with Crippen LogP contribution in [-0.4, -0.2) is 50.9 Å². The van der Waals surface area contributed by atoms with E-state index in [1.165, 1.54) is 0 Å². The zero-order valence-corrected chi connectivity index (χ0v) is 12.8. The molecule has 0 saturated carbocycles. The Kier molecular flexibility index (Phi) is 4.07. The second kappa shape index (κ2) is 6.19. The van der Waals surface area contributed by atoms with Crippen LogP contribution in [0.25, 0.3) is 16.8 Å². The van der Waals surface area contributed by atoms with Crippen LogP contribution in [0.15, 0.2) is 37.0 Å². The Morgan fingerprint density at radius 2 is 2.12 bits per heavy atom. The van der Waals surface area contributed by atoms with Crippen molar-refractivity contribution in [2.24, 2.45) is 0 Å². The third-order valence-corrected chi connectivity index (χ3v) is 4.06. The summed E-state index contributed by atoms with van der Waals surface area (Å²) in [6.07, 6.45) is 1.56. The molecule has 1 saturated heterocycles. The molecule has 0 radical (unpaired) electrons. The fourth-order valence-electron chi connectivity index (χ4n) is 2.87. The summed E-state index contributed by atoms with van der Waals surface area (Å²) in [4.78, 5) is 27.5. The highest BCUT2D eigenvalue weighted by molar-refractivity contribution is 5.88. The molecule has 2 N–H and O–H groups in total. The van der Waals surface area contributed by atoms with Gasteiger partial charge in [-0.15, -0.1) is 0 Å². The number of likely N-dealkylation sites (tertiary alicyclic amines) is 1. The number of nitrogens with zero attached hydrogens (tertiary/aromatic N) is 2. The molecule has 0 aliphatic carbocycles. The molecular weight excluding hydrogens is 312 g/mol. The van der Waals surface area contributed by atoms with Gasteiger partial charge < -0.3 is 14.9 Å². The highest BCUT2D eigenvalue weighted by Crippen LogP contribution is 2.28. The first kappa shape index (κ1) is 15.8. The molecule has 2 aromatic rings. The molecule has 24 heavy (non-hydrogen) atoms. The molecular formula is C17H16N2O5. The van der Waals surface area contributed by atoms with Crippen LogP contribution in [0.5, 0.6) is 5.88 Å². The van der Waals surface area contributed by atoms with Crippen molar-refractivity contribution in [3.05, 3.63) is 42.6 Å². The van der Waals surface area contributed by atoms with Gasteiger partial charge in [0.25, 0.3) is 0 Å². The lowest BCUT2D eigenvalue weighted by Gasteiger charge is -2.16. The molecule has 1 aromatic carbocycles. The average Bonchev–Trinajstić information content (AvgIpc) is 2.99. The summed E-state index contributed by atoms with van der Waals surface area (Å²) >= 11 is 0. The molecule has 7 nitrogen and oxygen atoms in total. The fourth-order valence-corrected chi connectivity index (χ4v) is 2.87. The number of carbonyl (C=O) groups is 2. The Labute approximate surface area is 137 Å². The molecule has 1 aliphatic rings. The van der Waals surface area contributed by atoms with E-state index in [1.807, 2.05) is 24.3 Å². The Bertz CT molecular complexity index is 798. The molecule has 0 bridgehead atoms. The Morgan fingerprint density at radius 1 is 1.33 bits per heavy atom. The summed E-state index contributed by atoms with van der Waals surface area (Å²) in [6, 6.07) is 6.45. The molecule has 1 fully saturated rings. The standard InChI is InChI=1S/C17H16N2O5/c1-2-10-3-4-11-5-6-18-15(13(11)7-10)24-12-8-14(16(20)21)19(9-12)17(22)23/h2-7,12,14H,1,8-9H2,(H,20,21)(H,22,23)/t12-,14+/m1/s1. The van der Waals surface area contributed by atoms with Crippen LogP contribution in [0.1, 0.15) is 12.0 Å². The van der Waals surface area contributed by atoms with Crippen molar-refractivity contribution in [2.45, 2.75) is 18.6 Å². The van der Waals surface area contributed by atoms with E-state index >= 15 is 0 Å². The van der Waals surface area contributed by atoms with Crippen molar-refractivity contribution in [2.75, 3.05) is 6.54 Å². The fraction of sp³-hybridized carbons (Fsp3) is 0.235. The van der Waals surface area contributed by atoms with Gasteiger partial charge in [-0.25, -0.2) is 14.6 Å². The zero-order chi connectivity index (χ0) is 17.3. The number of carboxylic acid groups (broad SMARTS) is 2. The van der Waals surface area contributed by atoms with E-state index in [1.54, 1.807) is 12.3 Å². The van der Waals surface area contributed by atoms with Crippen molar-refractivity contribution in [1.82, 2.24) is 9.88 Å². The van der Waals surface area contributed by atoms with Gasteiger partial charge in [-0.3, -0.25) is 4.90 Å². The van der Waals surface area contributed by atoms with Crippen molar-refractivity contribution < 1.29 is 24.5 Å². The first-order chi connectivity index (χ1) is 11.5. The van der Waals surface area contributed by atoms with E-state index in [2.05, 4.69) is 11.6 Å². The number of fused-ring (bicyclic) bond motifs is 1. The van der Waals surface area contributed by atoms with Crippen LogP contribution in [0.4, 0.5) is 4.79 Å². The lowest BCUT2D eigenvalue weighted by Crippen LogP contribution is -2.39. The van der Waals surface area contributed by atoms with E-state index in [-0.39, 0.29) is 13.0 Å². The minimum atomic E-state index is -1.27. The minimum Gasteiger partial charge on any atom is -0.480 e. The number of rotatable bonds is 4. The summed E-state index contributed by atoms with van der Waals surface area (Å²) in [7, 11) is 0. The lowest BCUT2D eigenvalue weighted by molar-refractivity contribution is -0.141. The normalized spacial score (nSPS) is 20.1. The average molecular weight is 328 g/mol. The van der Waals surface area contributed by atoms with Crippen LogP contribution in [-0.2, 0) is 4.79 Å². The summed E-state index contributed by atoms with van der Waals surface area (Å²) in [6.45, 7) is 3.72. The maximum absolute atomic E-state index is 11.2. The van der Waals surface area contributed by atoms with Gasteiger partial charge in [-0.2, -0.15) is 0 Å². The third kappa shape index (κ3) is 2.88. The van der Waals surface area contributed by atoms with E-state index in [9.17, 15) is 9.59 Å². The molecule has 1 aliphatic heterocycles. The highest BCUT2D eigenvalue weighted by Gasteiger charge is 2.41. The van der Waals surface area contributed by atoms with Gasteiger partial charge in [0.05, 0.1) is 6.54 Å². The van der Waals surface area contributed by atoms with Gasteiger partial charge in [0.1, 0.15) is 12.1 Å². The predicted octanol–water partition coefficient (Wildman–Crippen LogP) is 2.46. The topological polar surface area (TPSA) is 100.0 Å². The summed E-state index contributed by atoms with van der Waals surface area (Å²) in [5.74, 6) is -0.819. The molecule has 2 atom stereocenters. The molecule has 124 valence electrons. The molecule has 1 aromatic heterocycles. The van der Waals surface area contributed by atoms with E-state index in [4.69, 9.17) is 14.9 Å².